The van der Waals surface area contributed by atoms with Crippen LogP contribution in [-0.2, 0) is 16.1 Å². The maximum atomic E-state index is 14.4. The molecule has 0 fully saturated rings. The van der Waals surface area contributed by atoms with E-state index in [9.17, 15) is 26.5 Å². The molecule has 0 aliphatic heterocycles. The van der Waals surface area contributed by atoms with Crippen molar-refractivity contribution in [2.24, 2.45) is 0 Å². The number of nitrogens with zero attached hydrogens (tertiary/aromatic N) is 2. The van der Waals surface area contributed by atoms with Gasteiger partial charge in [-0.3, -0.25) is 0 Å². The van der Waals surface area contributed by atoms with Gasteiger partial charge in [0.05, 0.1) is 5.69 Å². The van der Waals surface area contributed by atoms with Crippen LogP contribution in [0.1, 0.15) is 11.5 Å². The topological polar surface area (TPSA) is 68.0 Å². The summed E-state index contributed by atoms with van der Waals surface area (Å²) >= 11 is 4.79. The minimum atomic E-state index is -3.86. The molecule has 1 atom stereocenters. The van der Waals surface area contributed by atoms with E-state index < -0.39 is 36.0 Å². The Labute approximate surface area is 166 Å². The highest BCUT2D eigenvalue weighted by molar-refractivity contribution is 7.63. The molecule has 154 valence electrons. The summed E-state index contributed by atoms with van der Waals surface area (Å²) in [6.45, 7) is 1.27. The first-order valence-corrected chi connectivity index (χ1v) is 10.7. The molecule has 0 amide bonds. The van der Waals surface area contributed by atoms with E-state index in [1.807, 2.05) is 0 Å². The largest absolute Gasteiger partial charge is 0.400 e. The lowest BCUT2D eigenvalue weighted by Gasteiger charge is -2.17. The van der Waals surface area contributed by atoms with Crippen LogP contribution >= 0.6 is 18.9 Å². The minimum Gasteiger partial charge on any atom is -0.334 e. The zero-order chi connectivity index (χ0) is 21.4. The highest BCUT2D eigenvalue weighted by Crippen LogP contribution is 2.46. The molecule has 1 heterocycles. The van der Waals surface area contributed by atoms with E-state index in [1.54, 1.807) is 0 Å². The van der Waals surface area contributed by atoms with Gasteiger partial charge in [0.1, 0.15) is 17.5 Å². The van der Waals surface area contributed by atoms with Gasteiger partial charge in [0.2, 0.25) is 5.82 Å². The van der Waals surface area contributed by atoms with Gasteiger partial charge in [-0.1, -0.05) is 17.3 Å². The van der Waals surface area contributed by atoms with Crippen LogP contribution in [-0.4, -0.2) is 16.8 Å². The van der Waals surface area contributed by atoms with E-state index in [1.165, 1.54) is 18.8 Å². The fraction of sp³-hybridized carbons (Fsp3) is 0.176. The molecule has 0 spiro atoms. The molecule has 3 aromatic rings. The van der Waals surface area contributed by atoms with Crippen LogP contribution in [0, 0.1) is 17.5 Å². The smallest absolute Gasteiger partial charge is 0.334 e. The SMILES string of the molecule is CP(=O)(Cc1ccc(-c2noc(C(F)(F)Cl)n2)cc1F)Nc1ccc(F)cc1F. The predicted octanol–water partition coefficient (Wildman–Crippen LogP) is 5.96. The maximum absolute atomic E-state index is 14.4. The number of halogens is 6. The summed E-state index contributed by atoms with van der Waals surface area (Å²) in [5, 5.41) is 1.92. The summed E-state index contributed by atoms with van der Waals surface area (Å²) in [6, 6.07) is 6.23. The molecule has 12 heteroatoms. The van der Waals surface area contributed by atoms with Crippen LogP contribution < -0.4 is 5.09 Å². The Bertz CT molecular complexity index is 1100. The zero-order valence-electron chi connectivity index (χ0n) is 14.6. The van der Waals surface area contributed by atoms with Gasteiger partial charge in [-0.15, -0.1) is 0 Å². The highest BCUT2D eigenvalue weighted by atomic mass is 35.5. The van der Waals surface area contributed by atoms with Gasteiger partial charge >= 0.3 is 11.3 Å². The van der Waals surface area contributed by atoms with E-state index >= 15 is 0 Å². The standard InChI is InChI=1S/C17H12ClF5N3O2P/c1-29(27,26-14-5-4-11(19)7-13(14)21)8-10-3-2-9(6-12(10)20)15-24-16(28-25-15)17(18,22)23/h2-7H,8H2,1H3,(H,26,27). The van der Waals surface area contributed by atoms with Crippen molar-refractivity contribution < 1.29 is 31.0 Å². The third-order valence-electron chi connectivity index (χ3n) is 3.74. The zero-order valence-corrected chi connectivity index (χ0v) is 16.2. The second-order valence-corrected chi connectivity index (χ2v) is 9.44. The van der Waals surface area contributed by atoms with Crippen molar-refractivity contribution in [1.29, 1.82) is 0 Å². The van der Waals surface area contributed by atoms with Crippen molar-refractivity contribution in [3.63, 3.8) is 0 Å². The van der Waals surface area contributed by atoms with Crippen LogP contribution in [0.4, 0.5) is 27.6 Å². The molecular formula is C17H12ClF5N3O2P. The first kappa shape index (κ1) is 21.3. The molecular weight excluding hydrogens is 440 g/mol. The van der Waals surface area contributed by atoms with Gasteiger partial charge in [0, 0.05) is 24.5 Å². The predicted molar refractivity (Wildman–Crippen MR) is 96.7 cm³/mol. The second-order valence-electron chi connectivity index (χ2n) is 6.22. The number of alkyl halides is 3. The number of benzene rings is 2. The van der Waals surface area contributed by atoms with Gasteiger partial charge in [0.15, 0.2) is 7.29 Å². The molecule has 0 saturated carbocycles. The molecule has 5 nitrogen and oxygen atoms in total. The Kier molecular flexibility index (Phi) is 5.69. The fourth-order valence-corrected chi connectivity index (χ4v) is 4.22. The van der Waals surface area contributed by atoms with Gasteiger partial charge in [-0.05, 0) is 35.4 Å². The van der Waals surface area contributed by atoms with Crippen LogP contribution in [0.15, 0.2) is 40.9 Å². The molecule has 3 rings (SSSR count). The van der Waals surface area contributed by atoms with Gasteiger partial charge in [0.25, 0.3) is 0 Å². The normalized spacial score (nSPS) is 13.9. The Morgan fingerprint density at radius 3 is 2.45 bits per heavy atom. The Morgan fingerprint density at radius 1 is 1.14 bits per heavy atom. The van der Waals surface area contributed by atoms with Crippen LogP contribution in [0.2, 0.25) is 0 Å². The van der Waals surface area contributed by atoms with Crippen molar-refractivity contribution in [2.45, 2.75) is 11.5 Å². The summed E-state index contributed by atoms with van der Waals surface area (Å²) < 4.78 is 84.1. The number of anilines is 1. The minimum absolute atomic E-state index is 0.0148. The number of nitrogens with one attached hydrogen (secondary N) is 1. The molecule has 0 aliphatic rings. The van der Waals surface area contributed by atoms with Crippen molar-refractivity contribution >= 4 is 24.6 Å². The number of rotatable bonds is 6. The number of aromatic nitrogens is 2. The van der Waals surface area contributed by atoms with E-state index in [0.29, 0.717) is 6.07 Å². The lowest BCUT2D eigenvalue weighted by atomic mass is 10.1. The van der Waals surface area contributed by atoms with Gasteiger partial charge in [-0.2, -0.15) is 13.8 Å². The molecule has 1 N–H and O–H groups in total. The first-order chi connectivity index (χ1) is 13.4. The lowest BCUT2D eigenvalue weighted by Crippen LogP contribution is -2.03. The van der Waals surface area contributed by atoms with E-state index in [2.05, 4.69) is 19.8 Å². The van der Waals surface area contributed by atoms with Crippen molar-refractivity contribution in [3.8, 4) is 11.4 Å². The van der Waals surface area contributed by atoms with E-state index in [-0.39, 0.29) is 28.8 Å². The van der Waals surface area contributed by atoms with Crippen molar-refractivity contribution in [3.05, 3.63) is 65.3 Å². The van der Waals surface area contributed by atoms with E-state index in [4.69, 9.17) is 11.6 Å². The van der Waals surface area contributed by atoms with Crippen LogP contribution in [0.5, 0.6) is 0 Å². The number of hydrogen-bond donors (Lipinski definition) is 1. The molecule has 0 aliphatic carbocycles. The average molecular weight is 452 g/mol. The maximum Gasteiger partial charge on any atom is 0.400 e. The van der Waals surface area contributed by atoms with Crippen molar-refractivity contribution in [1.82, 2.24) is 10.1 Å². The average Bonchev–Trinajstić information content (AvgIpc) is 3.09. The third-order valence-corrected chi connectivity index (χ3v) is 5.56. The fourth-order valence-electron chi connectivity index (χ4n) is 2.47. The highest BCUT2D eigenvalue weighted by Gasteiger charge is 2.35. The molecule has 1 unspecified atom stereocenters. The molecule has 2 aromatic carbocycles. The third kappa shape index (κ3) is 5.13. The molecule has 0 radical (unpaired) electrons. The summed E-state index contributed by atoms with van der Waals surface area (Å²) in [4.78, 5) is 3.40. The van der Waals surface area contributed by atoms with Crippen molar-refractivity contribution in [2.75, 3.05) is 11.8 Å². The first-order valence-electron chi connectivity index (χ1n) is 7.94. The Hall–Kier alpha value is -2.45. The molecule has 1 aromatic heterocycles. The Morgan fingerprint density at radius 2 is 1.86 bits per heavy atom. The van der Waals surface area contributed by atoms with Crippen LogP contribution in [0.3, 0.4) is 0 Å². The summed E-state index contributed by atoms with van der Waals surface area (Å²) in [6.07, 6.45) is -0.298. The van der Waals surface area contributed by atoms with Gasteiger partial charge in [-0.25, -0.2) is 13.2 Å². The van der Waals surface area contributed by atoms with E-state index in [0.717, 1.165) is 18.2 Å². The quantitative estimate of drug-likeness (QED) is 0.284. The van der Waals surface area contributed by atoms with Gasteiger partial charge < -0.3 is 14.2 Å². The second kappa shape index (κ2) is 7.76. The lowest BCUT2D eigenvalue weighted by molar-refractivity contribution is 0.0551. The summed E-state index contributed by atoms with van der Waals surface area (Å²) in [7, 11) is -3.33. The monoisotopic (exact) mass is 451 g/mol. The Balaban J connectivity index is 1.79. The molecule has 0 bridgehead atoms. The summed E-state index contributed by atoms with van der Waals surface area (Å²) in [5.74, 6) is -3.99. The van der Waals surface area contributed by atoms with Crippen LogP contribution in [0.25, 0.3) is 11.4 Å². The molecule has 0 saturated heterocycles. The molecule has 29 heavy (non-hydrogen) atoms. The summed E-state index contributed by atoms with van der Waals surface area (Å²) in [5.41, 5.74) is -0.137. The number of hydrogen-bond acceptors (Lipinski definition) is 4.